The third kappa shape index (κ3) is 2.90. The molecule has 5 nitrogen and oxygen atoms in total. The lowest BCUT2D eigenvalue weighted by atomic mass is 9.97. The number of aryl methyl sites for hydroxylation is 1. The minimum atomic E-state index is -0.432. The van der Waals surface area contributed by atoms with E-state index < -0.39 is 5.82 Å². The first-order valence-electron chi connectivity index (χ1n) is 8.26. The lowest BCUT2D eigenvalue weighted by Gasteiger charge is -2.08. The largest absolute Gasteiger partial charge is 0.492 e. The lowest BCUT2D eigenvalue weighted by Crippen LogP contribution is -2.03. The smallest absolute Gasteiger partial charge is 0.192 e. The van der Waals surface area contributed by atoms with E-state index in [0.717, 1.165) is 5.56 Å². The Kier molecular flexibility index (Phi) is 4.08. The molecule has 0 N–H and O–H groups in total. The van der Waals surface area contributed by atoms with Crippen molar-refractivity contribution in [2.75, 3.05) is 6.61 Å². The minimum Gasteiger partial charge on any atom is -0.492 e. The Bertz CT molecular complexity index is 1010. The third-order valence-electron chi connectivity index (χ3n) is 4.34. The molecular formula is C20H16FN3O2. The summed E-state index contributed by atoms with van der Waals surface area (Å²) in [5, 5.41) is 3.93. The second-order valence-corrected chi connectivity index (χ2v) is 6.10. The van der Waals surface area contributed by atoms with E-state index in [0.29, 0.717) is 41.2 Å². The number of ketones is 1. The van der Waals surface area contributed by atoms with Crippen molar-refractivity contribution >= 4 is 11.9 Å². The van der Waals surface area contributed by atoms with E-state index in [1.807, 2.05) is 19.1 Å². The molecule has 0 spiro atoms. The number of rotatable bonds is 2. The highest BCUT2D eigenvalue weighted by molar-refractivity contribution is 6.13. The van der Waals surface area contributed by atoms with Gasteiger partial charge in [0.2, 0.25) is 0 Å². The van der Waals surface area contributed by atoms with Gasteiger partial charge in [0, 0.05) is 12.0 Å². The van der Waals surface area contributed by atoms with Gasteiger partial charge in [0.15, 0.2) is 5.78 Å². The molecule has 0 saturated carbocycles. The number of carbonyl (C=O) groups is 1. The molecule has 0 bridgehead atoms. The van der Waals surface area contributed by atoms with E-state index in [-0.39, 0.29) is 5.78 Å². The number of hydrogen-bond donors (Lipinski definition) is 0. The predicted octanol–water partition coefficient (Wildman–Crippen LogP) is 3.76. The van der Waals surface area contributed by atoms with Crippen LogP contribution in [0.25, 0.3) is 11.8 Å². The van der Waals surface area contributed by atoms with Crippen molar-refractivity contribution in [3.05, 3.63) is 77.1 Å². The summed E-state index contributed by atoms with van der Waals surface area (Å²) in [7, 11) is 0. The number of hydrogen-bond acceptors (Lipinski definition) is 4. The van der Waals surface area contributed by atoms with Gasteiger partial charge >= 0.3 is 0 Å². The molecule has 0 unspecified atom stereocenters. The summed E-state index contributed by atoms with van der Waals surface area (Å²) in [5.74, 6) is 0.119. The number of para-hydroxylation sites is 1. The quantitative estimate of drug-likeness (QED) is 0.661. The Morgan fingerprint density at radius 2 is 2.15 bits per heavy atom. The number of Topliss-reactive ketones (excluding diaryl/α,β-unsaturated/α-hetero) is 1. The highest BCUT2D eigenvalue weighted by atomic mass is 19.1. The lowest BCUT2D eigenvalue weighted by molar-refractivity contribution is 0.103. The van der Waals surface area contributed by atoms with Crippen LogP contribution in [0, 0.1) is 12.7 Å². The van der Waals surface area contributed by atoms with Gasteiger partial charge in [-0.15, -0.1) is 0 Å². The molecular weight excluding hydrogens is 333 g/mol. The van der Waals surface area contributed by atoms with Crippen LogP contribution < -0.4 is 4.74 Å². The van der Waals surface area contributed by atoms with Crippen LogP contribution >= 0.6 is 0 Å². The fourth-order valence-corrected chi connectivity index (χ4v) is 3.04. The van der Waals surface area contributed by atoms with Crippen LogP contribution in [0.4, 0.5) is 4.39 Å². The highest BCUT2D eigenvalue weighted by Gasteiger charge is 2.22. The monoisotopic (exact) mass is 349 g/mol. The first-order chi connectivity index (χ1) is 12.6. The average Bonchev–Trinajstić information content (AvgIpc) is 3.10. The van der Waals surface area contributed by atoms with Crippen LogP contribution in [-0.4, -0.2) is 27.2 Å². The summed E-state index contributed by atoms with van der Waals surface area (Å²) in [6.07, 6.45) is 4.97. The fourth-order valence-electron chi connectivity index (χ4n) is 3.04. The molecule has 3 aromatic rings. The molecule has 0 saturated heterocycles. The second-order valence-electron chi connectivity index (χ2n) is 6.10. The van der Waals surface area contributed by atoms with Gasteiger partial charge in [0.25, 0.3) is 0 Å². The molecule has 0 atom stereocenters. The number of aromatic nitrogens is 3. The number of fused-ring (bicyclic) bond motifs is 1. The van der Waals surface area contributed by atoms with Gasteiger partial charge in [-0.2, -0.15) is 5.10 Å². The number of nitrogens with zero attached hydrogens (tertiary/aromatic N) is 3. The topological polar surface area (TPSA) is 57.0 Å². The van der Waals surface area contributed by atoms with Crippen molar-refractivity contribution in [1.29, 1.82) is 0 Å². The zero-order valence-electron chi connectivity index (χ0n) is 14.1. The first kappa shape index (κ1) is 16.2. The summed E-state index contributed by atoms with van der Waals surface area (Å²) < 4.78 is 21.5. The Balaban J connectivity index is 1.70. The van der Waals surface area contributed by atoms with Gasteiger partial charge in [-0.1, -0.05) is 18.2 Å². The van der Waals surface area contributed by atoms with Gasteiger partial charge in [0.1, 0.15) is 29.9 Å². The van der Waals surface area contributed by atoms with Crippen LogP contribution in [0.2, 0.25) is 0 Å². The van der Waals surface area contributed by atoms with Gasteiger partial charge in [0.05, 0.1) is 12.2 Å². The molecule has 0 fully saturated rings. The van der Waals surface area contributed by atoms with E-state index >= 15 is 0 Å². The molecule has 0 radical (unpaired) electrons. The fraction of sp³-hybridized carbons (Fsp3) is 0.150. The Labute approximate surface area is 149 Å². The zero-order chi connectivity index (χ0) is 18.1. The minimum absolute atomic E-state index is 0.0815. The van der Waals surface area contributed by atoms with Crippen molar-refractivity contribution in [3.8, 4) is 11.4 Å². The molecule has 0 amide bonds. The van der Waals surface area contributed by atoms with Gasteiger partial charge in [-0.3, -0.25) is 4.79 Å². The maximum atomic E-state index is 14.4. The first-order valence-corrected chi connectivity index (χ1v) is 8.26. The molecule has 6 heteroatoms. The molecule has 4 rings (SSSR count). The Morgan fingerprint density at radius 3 is 2.92 bits per heavy atom. The van der Waals surface area contributed by atoms with E-state index in [4.69, 9.17) is 4.74 Å². The standard InChI is InChI=1S/C20H16FN3O2/c1-13-3-2-4-16-19(25)15(7-8-26-20(13)16)9-14-5-6-18(17(21)10-14)24-12-22-11-23-24/h2-6,9-12H,7-8H2,1H3/b15-9-. The van der Waals surface area contributed by atoms with Crippen LogP contribution in [0.15, 0.2) is 54.6 Å². The van der Waals surface area contributed by atoms with Gasteiger partial charge < -0.3 is 4.74 Å². The normalized spacial score (nSPS) is 15.5. The van der Waals surface area contributed by atoms with E-state index in [2.05, 4.69) is 10.1 Å². The molecule has 2 heterocycles. The van der Waals surface area contributed by atoms with E-state index in [1.165, 1.54) is 23.4 Å². The molecule has 1 aliphatic rings. The molecule has 1 aromatic heterocycles. The SMILES string of the molecule is Cc1cccc2c1OCC/C(=C/c1ccc(-n3cncn3)c(F)c1)C2=O. The summed E-state index contributed by atoms with van der Waals surface area (Å²) in [4.78, 5) is 16.7. The molecule has 130 valence electrons. The van der Waals surface area contributed by atoms with E-state index in [9.17, 15) is 9.18 Å². The van der Waals surface area contributed by atoms with Crippen molar-refractivity contribution in [2.45, 2.75) is 13.3 Å². The maximum Gasteiger partial charge on any atom is 0.192 e. The molecule has 0 aliphatic carbocycles. The van der Waals surface area contributed by atoms with Gasteiger partial charge in [-0.25, -0.2) is 14.1 Å². The van der Waals surface area contributed by atoms with Crippen LogP contribution in [0.1, 0.15) is 27.9 Å². The van der Waals surface area contributed by atoms with Crippen molar-refractivity contribution in [2.24, 2.45) is 0 Å². The summed E-state index contributed by atoms with van der Waals surface area (Å²) in [5.41, 5.74) is 3.00. The molecule has 1 aliphatic heterocycles. The number of carbonyl (C=O) groups excluding carboxylic acids is 1. The highest BCUT2D eigenvalue weighted by Crippen LogP contribution is 2.30. The Hall–Kier alpha value is -3.28. The zero-order valence-corrected chi connectivity index (χ0v) is 14.1. The molecule has 2 aromatic carbocycles. The summed E-state index contributed by atoms with van der Waals surface area (Å²) >= 11 is 0. The van der Waals surface area contributed by atoms with Crippen LogP contribution in [0.5, 0.6) is 5.75 Å². The number of halogens is 1. The second kappa shape index (κ2) is 6.55. The van der Waals surface area contributed by atoms with Crippen LogP contribution in [-0.2, 0) is 0 Å². The van der Waals surface area contributed by atoms with Crippen molar-refractivity contribution in [3.63, 3.8) is 0 Å². The summed E-state index contributed by atoms with van der Waals surface area (Å²) in [6.45, 7) is 2.33. The van der Waals surface area contributed by atoms with Crippen molar-refractivity contribution < 1.29 is 13.9 Å². The van der Waals surface area contributed by atoms with Gasteiger partial charge in [-0.05, 0) is 42.3 Å². The Morgan fingerprint density at radius 1 is 1.27 bits per heavy atom. The number of benzene rings is 2. The third-order valence-corrected chi connectivity index (χ3v) is 4.34. The predicted molar refractivity (Wildman–Crippen MR) is 94.9 cm³/mol. The van der Waals surface area contributed by atoms with E-state index in [1.54, 1.807) is 24.3 Å². The maximum absolute atomic E-state index is 14.4. The number of ether oxygens (including phenoxy) is 1. The van der Waals surface area contributed by atoms with Crippen molar-refractivity contribution in [1.82, 2.24) is 14.8 Å². The molecule has 26 heavy (non-hydrogen) atoms. The summed E-state index contributed by atoms with van der Waals surface area (Å²) in [6, 6.07) is 10.3. The average molecular weight is 349 g/mol. The van der Waals surface area contributed by atoms with Crippen LogP contribution in [0.3, 0.4) is 0 Å².